The minimum atomic E-state index is -4.30. The SMILES string of the molecule is FC(F)(F)c1cnc(NCC2(N3CCSCC3)CCCC2)s1. The molecule has 1 aromatic heterocycles. The zero-order valence-corrected chi connectivity index (χ0v) is 13.9. The van der Waals surface area contributed by atoms with Gasteiger partial charge in [-0.25, -0.2) is 4.98 Å². The Balaban J connectivity index is 1.65. The maximum absolute atomic E-state index is 12.6. The van der Waals surface area contributed by atoms with E-state index in [1.54, 1.807) is 0 Å². The molecule has 1 aliphatic heterocycles. The standard InChI is InChI=1S/C14H20F3N3S2/c15-14(16,17)11-9-18-12(22-11)19-10-13(3-1-2-4-13)20-5-7-21-8-6-20/h9H,1-8,10H2,(H,18,19). The quantitative estimate of drug-likeness (QED) is 0.889. The Morgan fingerprint density at radius 2 is 1.91 bits per heavy atom. The normalized spacial score (nSPS) is 22.9. The first-order valence-electron chi connectivity index (χ1n) is 7.59. The molecule has 8 heteroatoms. The molecule has 0 atom stereocenters. The van der Waals surface area contributed by atoms with E-state index >= 15 is 0 Å². The van der Waals surface area contributed by atoms with Crippen LogP contribution in [0.1, 0.15) is 30.6 Å². The minimum absolute atomic E-state index is 0.102. The van der Waals surface area contributed by atoms with Crippen LogP contribution in [0.25, 0.3) is 0 Å². The van der Waals surface area contributed by atoms with E-state index in [-0.39, 0.29) is 5.54 Å². The molecule has 0 bridgehead atoms. The molecule has 1 aliphatic carbocycles. The molecule has 1 aromatic rings. The van der Waals surface area contributed by atoms with Gasteiger partial charge in [0.05, 0.1) is 6.20 Å². The van der Waals surface area contributed by atoms with E-state index in [1.165, 1.54) is 12.8 Å². The first-order chi connectivity index (χ1) is 10.5. The number of alkyl halides is 3. The Morgan fingerprint density at radius 1 is 1.23 bits per heavy atom. The van der Waals surface area contributed by atoms with E-state index in [9.17, 15) is 13.2 Å². The third kappa shape index (κ3) is 3.54. The zero-order valence-electron chi connectivity index (χ0n) is 12.3. The molecule has 3 nitrogen and oxygen atoms in total. The van der Waals surface area contributed by atoms with Gasteiger partial charge in [0.1, 0.15) is 4.88 Å². The van der Waals surface area contributed by atoms with Crippen molar-refractivity contribution < 1.29 is 13.2 Å². The highest BCUT2D eigenvalue weighted by molar-refractivity contribution is 7.99. The van der Waals surface area contributed by atoms with Gasteiger partial charge in [-0.05, 0) is 12.8 Å². The smallest absolute Gasteiger partial charge is 0.360 e. The molecule has 1 saturated carbocycles. The van der Waals surface area contributed by atoms with Crippen LogP contribution in [0.15, 0.2) is 6.20 Å². The second-order valence-electron chi connectivity index (χ2n) is 5.91. The van der Waals surface area contributed by atoms with Crippen molar-refractivity contribution >= 4 is 28.2 Å². The van der Waals surface area contributed by atoms with Crippen molar-refractivity contribution in [2.75, 3.05) is 36.5 Å². The summed E-state index contributed by atoms with van der Waals surface area (Å²) in [6.07, 6.45) is 1.29. The van der Waals surface area contributed by atoms with Gasteiger partial charge in [-0.2, -0.15) is 24.9 Å². The molecule has 1 N–H and O–H groups in total. The second-order valence-corrected chi connectivity index (χ2v) is 8.17. The summed E-state index contributed by atoms with van der Waals surface area (Å²) in [7, 11) is 0. The van der Waals surface area contributed by atoms with E-state index in [0.717, 1.165) is 43.6 Å². The highest BCUT2D eigenvalue weighted by Gasteiger charge is 2.40. The highest BCUT2D eigenvalue weighted by atomic mass is 32.2. The van der Waals surface area contributed by atoms with Crippen molar-refractivity contribution in [1.29, 1.82) is 0 Å². The van der Waals surface area contributed by atoms with Crippen LogP contribution in [0.4, 0.5) is 18.3 Å². The van der Waals surface area contributed by atoms with Crippen molar-refractivity contribution in [2.24, 2.45) is 0 Å². The van der Waals surface area contributed by atoms with Gasteiger partial charge in [-0.15, -0.1) is 0 Å². The van der Waals surface area contributed by atoms with E-state index in [2.05, 4.69) is 15.2 Å². The molecule has 22 heavy (non-hydrogen) atoms. The van der Waals surface area contributed by atoms with Crippen LogP contribution in [-0.2, 0) is 6.18 Å². The van der Waals surface area contributed by atoms with Gasteiger partial charge in [0.2, 0.25) is 0 Å². The fraction of sp³-hybridized carbons (Fsp3) is 0.786. The Morgan fingerprint density at radius 3 is 2.50 bits per heavy atom. The number of hydrogen-bond acceptors (Lipinski definition) is 5. The highest BCUT2D eigenvalue weighted by Crippen LogP contribution is 2.38. The van der Waals surface area contributed by atoms with Gasteiger partial charge in [0.25, 0.3) is 0 Å². The lowest BCUT2D eigenvalue weighted by Gasteiger charge is -2.43. The van der Waals surface area contributed by atoms with Gasteiger partial charge in [-0.1, -0.05) is 24.2 Å². The maximum atomic E-state index is 12.6. The Bertz CT molecular complexity index is 492. The molecule has 2 fully saturated rings. The molecule has 0 amide bonds. The molecular weight excluding hydrogens is 331 g/mol. The van der Waals surface area contributed by atoms with Crippen LogP contribution in [0, 0.1) is 0 Å². The first-order valence-corrected chi connectivity index (χ1v) is 9.56. The van der Waals surface area contributed by atoms with Crippen molar-refractivity contribution in [3.63, 3.8) is 0 Å². The van der Waals surface area contributed by atoms with Crippen LogP contribution < -0.4 is 5.32 Å². The van der Waals surface area contributed by atoms with Gasteiger partial charge in [0, 0.05) is 36.7 Å². The number of nitrogens with one attached hydrogen (secondary N) is 1. The average Bonchev–Trinajstić information content (AvgIpc) is 3.16. The molecule has 2 heterocycles. The average molecular weight is 351 g/mol. The molecule has 124 valence electrons. The number of hydrogen-bond donors (Lipinski definition) is 1. The topological polar surface area (TPSA) is 28.2 Å². The van der Waals surface area contributed by atoms with E-state index < -0.39 is 11.1 Å². The summed E-state index contributed by atoms with van der Waals surface area (Å²) in [6, 6.07) is 0. The molecule has 0 radical (unpaired) electrons. The van der Waals surface area contributed by atoms with Crippen molar-refractivity contribution in [3.8, 4) is 0 Å². The first kappa shape index (κ1) is 16.4. The molecule has 2 aliphatic rings. The fourth-order valence-electron chi connectivity index (χ4n) is 3.40. The molecular formula is C14H20F3N3S2. The monoisotopic (exact) mass is 351 g/mol. The van der Waals surface area contributed by atoms with Gasteiger partial charge >= 0.3 is 6.18 Å². The largest absolute Gasteiger partial charge is 0.427 e. The molecule has 1 saturated heterocycles. The number of nitrogens with zero attached hydrogens (tertiary/aromatic N) is 2. The maximum Gasteiger partial charge on any atom is 0.427 e. The zero-order chi connectivity index (χ0) is 15.6. The predicted molar refractivity (Wildman–Crippen MR) is 85.7 cm³/mol. The third-order valence-electron chi connectivity index (χ3n) is 4.57. The van der Waals surface area contributed by atoms with Crippen LogP contribution >= 0.6 is 23.1 Å². The molecule has 3 rings (SSSR count). The summed E-state index contributed by atoms with van der Waals surface area (Å²) < 4.78 is 37.9. The lowest BCUT2D eigenvalue weighted by Crippen LogP contribution is -2.54. The summed E-state index contributed by atoms with van der Waals surface area (Å²) >= 11 is 2.68. The van der Waals surface area contributed by atoms with Crippen LogP contribution in [0.3, 0.4) is 0 Å². The number of aromatic nitrogens is 1. The number of halogens is 3. The van der Waals surface area contributed by atoms with Gasteiger partial charge in [-0.3, -0.25) is 4.90 Å². The summed E-state index contributed by atoms with van der Waals surface area (Å²) in [5.41, 5.74) is 0.102. The Kier molecular flexibility index (Phi) is 4.89. The van der Waals surface area contributed by atoms with Crippen molar-refractivity contribution in [1.82, 2.24) is 9.88 Å². The fourth-order valence-corrected chi connectivity index (χ4v) is 4.98. The van der Waals surface area contributed by atoms with Crippen LogP contribution in [0.5, 0.6) is 0 Å². The van der Waals surface area contributed by atoms with Crippen LogP contribution in [-0.4, -0.2) is 46.6 Å². The van der Waals surface area contributed by atoms with Gasteiger partial charge < -0.3 is 5.32 Å². The third-order valence-corrected chi connectivity index (χ3v) is 6.51. The minimum Gasteiger partial charge on any atom is -0.360 e. The Labute approximate surface area is 136 Å². The van der Waals surface area contributed by atoms with E-state index in [4.69, 9.17) is 0 Å². The number of thioether (sulfide) groups is 1. The second kappa shape index (κ2) is 6.57. The molecule has 0 spiro atoms. The summed E-state index contributed by atoms with van der Waals surface area (Å²) in [5, 5.41) is 3.56. The van der Waals surface area contributed by atoms with E-state index in [1.807, 2.05) is 11.8 Å². The summed E-state index contributed by atoms with van der Waals surface area (Å²) in [5.74, 6) is 2.30. The molecule has 0 aromatic carbocycles. The van der Waals surface area contributed by atoms with E-state index in [0.29, 0.717) is 23.0 Å². The summed E-state index contributed by atoms with van der Waals surface area (Å²) in [6.45, 7) is 2.86. The Hall–Kier alpha value is -0.470. The summed E-state index contributed by atoms with van der Waals surface area (Å²) in [4.78, 5) is 5.79. The number of rotatable bonds is 4. The van der Waals surface area contributed by atoms with Crippen molar-refractivity contribution in [3.05, 3.63) is 11.1 Å². The lowest BCUT2D eigenvalue weighted by molar-refractivity contribution is -0.134. The predicted octanol–water partition coefficient (Wildman–Crippen LogP) is 3.94. The lowest BCUT2D eigenvalue weighted by atomic mass is 9.94. The van der Waals surface area contributed by atoms with Gasteiger partial charge in [0.15, 0.2) is 5.13 Å². The van der Waals surface area contributed by atoms with Crippen LogP contribution in [0.2, 0.25) is 0 Å². The number of thiazole rings is 1. The number of anilines is 1. The van der Waals surface area contributed by atoms with Crippen molar-refractivity contribution in [2.45, 2.75) is 37.4 Å². The molecule has 0 unspecified atom stereocenters.